The van der Waals surface area contributed by atoms with Crippen molar-refractivity contribution in [1.29, 1.82) is 0 Å². The molecule has 1 aromatic heterocycles. The summed E-state index contributed by atoms with van der Waals surface area (Å²) in [6, 6.07) is 15.3. The molecule has 1 aliphatic heterocycles. The number of hydrogen-bond donors (Lipinski definition) is 2. The van der Waals surface area contributed by atoms with Gasteiger partial charge in [-0.15, -0.1) is 10.2 Å². The van der Waals surface area contributed by atoms with E-state index in [9.17, 15) is 0 Å². The first-order chi connectivity index (χ1) is 14.1. The van der Waals surface area contributed by atoms with Crippen molar-refractivity contribution in [3.63, 3.8) is 0 Å². The lowest BCUT2D eigenvalue weighted by Crippen LogP contribution is -2.39. The van der Waals surface area contributed by atoms with Crippen molar-refractivity contribution in [2.24, 2.45) is 10.9 Å². The highest BCUT2D eigenvalue weighted by Gasteiger charge is 2.21. The number of fused-ring (bicyclic) bond motifs is 2. The number of benzene rings is 2. The lowest BCUT2D eigenvalue weighted by molar-refractivity contribution is 0.369. The summed E-state index contributed by atoms with van der Waals surface area (Å²) in [6.45, 7) is 8.92. The van der Waals surface area contributed by atoms with Crippen molar-refractivity contribution in [2.75, 3.05) is 13.1 Å². The lowest BCUT2D eigenvalue weighted by atomic mass is 9.99. The summed E-state index contributed by atoms with van der Waals surface area (Å²) in [7, 11) is 0. The quantitative estimate of drug-likeness (QED) is 0.516. The average Bonchev–Trinajstić information content (AvgIpc) is 3.12. The van der Waals surface area contributed by atoms with E-state index in [0.717, 1.165) is 50.1 Å². The van der Waals surface area contributed by atoms with E-state index in [1.165, 1.54) is 16.3 Å². The van der Waals surface area contributed by atoms with Crippen LogP contribution in [0.1, 0.15) is 43.5 Å². The molecule has 2 aromatic carbocycles. The first-order valence-electron chi connectivity index (χ1n) is 10.6. The fourth-order valence-corrected chi connectivity index (χ4v) is 3.98. The van der Waals surface area contributed by atoms with Crippen molar-refractivity contribution in [3.8, 4) is 0 Å². The Morgan fingerprint density at radius 2 is 2.03 bits per heavy atom. The number of hydrogen-bond acceptors (Lipinski definition) is 3. The molecule has 0 amide bonds. The van der Waals surface area contributed by atoms with E-state index in [4.69, 9.17) is 4.99 Å². The van der Waals surface area contributed by atoms with Gasteiger partial charge in [0.2, 0.25) is 0 Å². The van der Waals surface area contributed by atoms with E-state index in [0.29, 0.717) is 5.92 Å². The standard InChI is InChI=1S/C23H30N6/c1-4-24-23(25-14-18-9-12-22-28-27-17(3)29(22)15-18)26-16(2)20-11-10-19-7-5-6-8-21(19)13-20/h5-8,10-11,13,16,18H,4,9,12,14-15H2,1-3H3,(H2,24,25,26). The number of nitrogens with one attached hydrogen (secondary N) is 2. The van der Waals surface area contributed by atoms with Gasteiger partial charge < -0.3 is 15.2 Å². The van der Waals surface area contributed by atoms with E-state index >= 15 is 0 Å². The fraction of sp³-hybridized carbons (Fsp3) is 0.435. The number of aryl methyl sites for hydroxylation is 2. The van der Waals surface area contributed by atoms with E-state index < -0.39 is 0 Å². The van der Waals surface area contributed by atoms with Crippen LogP contribution in [0.15, 0.2) is 47.5 Å². The van der Waals surface area contributed by atoms with Crippen LogP contribution in [0, 0.1) is 12.8 Å². The summed E-state index contributed by atoms with van der Waals surface area (Å²) in [5.74, 6) is 3.50. The predicted molar refractivity (Wildman–Crippen MR) is 118 cm³/mol. The fourth-order valence-electron chi connectivity index (χ4n) is 3.98. The Hall–Kier alpha value is -2.89. The zero-order chi connectivity index (χ0) is 20.2. The third-order valence-corrected chi connectivity index (χ3v) is 5.71. The SMILES string of the molecule is CCNC(=NCC1CCc2nnc(C)n2C1)NC(C)c1ccc2ccccc2c1. The van der Waals surface area contributed by atoms with Crippen LogP contribution in [-0.2, 0) is 13.0 Å². The van der Waals surface area contributed by atoms with E-state index in [1.807, 2.05) is 6.92 Å². The Bertz CT molecular complexity index is 1010. The van der Waals surface area contributed by atoms with Gasteiger partial charge in [0.25, 0.3) is 0 Å². The summed E-state index contributed by atoms with van der Waals surface area (Å²) < 4.78 is 2.24. The minimum absolute atomic E-state index is 0.176. The second-order valence-corrected chi connectivity index (χ2v) is 7.87. The van der Waals surface area contributed by atoms with E-state index in [-0.39, 0.29) is 6.04 Å². The van der Waals surface area contributed by atoms with Crippen molar-refractivity contribution in [3.05, 3.63) is 59.7 Å². The van der Waals surface area contributed by atoms with Gasteiger partial charge in [-0.3, -0.25) is 4.99 Å². The Morgan fingerprint density at radius 3 is 2.86 bits per heavy atom. The van der Waals surface area contributed by atoms with Crippen LogP contribution in [0.4, 0.5) is 0 Å². The molecule has 0 fully saturated rings. The predicted octanol–water partition coefficient (Wildman–Crippen LogP) is 3.62. The molecule has 29 heavy (non-hydrogen) atoms. The molecule has 2 heterocycles. The third kappa shape index (κ3) is 4.42. The van der Waals surface area contributed by atoms with Crippen molar-refractivity contribution >= 4 is 16.7 Å². The third-order valence-electron chi connectivity index (χ3n) is 5.71. The topological polar surface area (TPSA) is 67.1 Å². The lowest BCUT2D eigenvalue weighted by Gasteiger charge is -2.23. The maximum atomic E-state index is 4.89. The van der Waals surface area contributed by atoms with Crippen LogP contribution in [0.25, 0.3) is 10.8 Å². The van der Waals surface area contributed by atoms with Crippen LogP contribution >= 0.6 is 0 Å². The van der Waals surface area contributed by atoms with Gasteiger partial charge in [0.05, 0.1) is 6.04 Å². The van der Waals surface area contributed by atoms with Crippen LogP contribution < -0.4 is 10.6 Å². The van der Waals surface area contributed by atoms with Gasteiger partial charge in [0, 0.05) is 26.1 Å². The molecule has 2 atom stereocenters. The molecule has 3 aromatic rings. The van der Waals surface area contributed by atoms with Gasteiger partial charge in [0.15, 0.2) is 5.96 Å². The van der Waals surface area contributed by atoms with E-state index in [2.05, 4.69) is 81.7 Å². The molecule has 0 spiro atoms. The Kier molecular flexibility index (Phi) is 5.79. The van der Waals surface area contributed by atoms with Gasteiger partial charge >= 0.3 is 0 Å². The summed E-state index contributed by atoms with van der Waals surface area (Å²) in [4.78, 5) is 4.89. The second-order valence-electron chi connectivity index (χ2n) is 7.87. The Balaban J connectivity index is 1.43. The number of aromatic nitrogens is 3. The molecule has 0 saturated carbocycles. The number of guanidine groups is 1. The highest BCUT2D eigenvalue weighted by molar-refractivity contribution is 5.84. The highest BCUT2D eigenvalue weighted by Crippen LogP contribution is 2.21. The largest absolute Gasteiger partial charge is 0.357 e. The van der Waals surface area contributed by atoms with Gasteiger partial charge in [0.1, 0.15) is 11.6 Å². The molecule has 6 heteroatoms. The minimum atomic E-state index is 0.176. The Morgan fingerprint density at radius 1 is 1.21 bits per heavy atom. The molecular formula is C23H30N6. The molecule has 0 radical (unpaired) electrons. The first kappa shape index (κ1) is 19.4. The average molecular weight is 391 g/mol. The summed E-state index contributed by atoms with van der Waals surface area (Å²) in [5, 5.41) is 18.0. The van der Waals surface area contributed by atoms with Gasteiger partial charge in [-0.2, -0.15) is 0 Å². The van der Waals surface area contributed by atoms with Crippen molar-refractivity contribution in [1.82, 2.24) is 25.4 Å². The number of aliphatic imine (C=N–C) groups is 1. The molecule has 0 bridgehead atoms. The van der Waals surface area contributed by atoms with E-state index in [1.54, 1.807) is 0 Å². The van der Waals surface area contributed by atoms with Gasteiger partial charge in [-0.1, -0.05) is 36.4 Å². The molecule has 0 saturated heterocycles. The molecule has 6 nitrogen and oxygen atoms in total. The second kappa shape index (κ2) is 8.64. The smallest absolute Gasteiger partial charge is 0.191 e. The molecule has 0 aliphatic carbocycles. The minimum Gasteiger partial charge on any atom is -0.357 e. The summed E-state index contributed by atoms with van der Waals surface area (Å²) in [5.41, 5.74) is 1.26. The van der Waals surface area contributed by atoms with Crippen molar-refractivity contribution < 1.29 is 0 Å². The van der Waals surface area contributed by atoms with Crippen LogP contribution in [0.3, 0.4) is 0 Å². The number of nitrogens with zero attached hydrogens (tertiary/aromatic N) is 4. The molecular weight excluding hydrogens is 360 g/mol. The molecule has 4 rings (SSSR count). The number of rotatable bonds is 5. The zero-order valence-electron chi connectivity index (χ0n) is 17.5. The maximum absolute atomic E-state index is 4.89. The molecule has 1 aliphatic rings. The molecule has 2 N–H and O–H groups in total. The van der Waals surface area contributed by atoms with Crippen LogP contribution in [-0.4, -0.2) is 33.8 Å². The first-order valence-corrected chi connectivity index (χ1v) is 10.6. The molecule has 2 unspecified atom stereocenters. The zero-order valence-corrected chi connectivity index (χ0v) is 17.5. The van der Waals surface area contributed by atoms with Gasteiger partial charge in [-0.25, -0.2) is 0 Å². The molecule has 152 valence electrons. The highest BCUT2D eigenvalue weighted by atomic mass is 15.3. The monoisotopic (exact) mass is 390 g/mol. The normalized spacial score (nSPS) is 17.8. The summed E-state index contributed by atoms with van der Waals surface area (Å²) in [6.07, 6.45) is 2.10. The van der Waals surface area contributed by atoms with Gasteiger partial charge in [-0.05, 0) is 55.5 Å². The maximum Gasteiger partial charge on any atom is 0.191 e. The Labute approximate surface area is 172 Å². The summed E-state index contributed by atoms with van der Waals surface area (Å²) >= 11 is 0. The van der Waals surface area contributed by atoms with Crippen molar-refractivity contribution in [2.45, 2.75) is 46.2 Å². The van der Waals surface area contributed by atoms with Crippen LogP contribution in [0.5, 0.6) is 0 Å². The van der Waals surface area contributed by atoms with Crippen LogP contribution in [0.2, 0.25) is 0 Å².